The second-order valence-electron chi connectivity index (χ2n) is 4.78. The van der Waals surface area contributed by atoms with Crippen molar-refractivity contribution in [1.29, 1.82) is 0 Å². The van der Waals surface area contributed by atoms with Gasteiger partial charge >= 0.3 is 0 Å². The van der Waals surface area contributed by atoms with Crippen LogP contribution in [0.15, 0.2) is 24.3 Å². The lowest BCUT2D eigenvalue weighted by Gasteiger charge is -2.08. The first-order valence-corrected chi connectivity index (χ1v) is 6.65. The van der Waals surface area contributed by atoms with Gasteiger partial charge in [0.1, 0.15) is 0 Å². The van der Waals surface area contributed by atoms with Gasteiger partial charge in [-0.1, -0.05) is 38.1 Å². The van der Waals surface area contributed by atoms with E-state index < -0.39 is 0 Å². The highest BCUT2D eigenvalue weighted by Crippen LogP contribution is 2.05. The molecule has 1 aromatic carbocycles. The van der Waals surface area contributed by atoms with E-state index >= 15 is 0 Å². The molecule has 0 amide bonds. The molecule has 1 unspecified atom stereocenters. The van der Waals surface area contributed by atoms with Crippen LogP contribution < -0.4 is 5.32 Å². The molecule has 0 aliphatic heterocycles. The van der Waals surface area contributed by atoms with E-state index in [-0.39, 0.29) is 0 Å². The molecular formula is C15H25NO. The highest BCUT2D eigenvalue weighted by Gasteiger charge is 1.99. The van der Waals surface area contributed by atoms with Crippen molar-refractivity contribution in [2.45, 2.75) is 39.7 Å². The Morgan fingerprint density at radius 2 is 1.82 bits per heavy atom. The van der Waals surface area contributed by atoms with Crippen LogP contribution in [0.25, 0.3) is 0 Å². The first-order chi connectivity index (χ1) is 8.26. The average molecular weight is 235 g/mol. The van der Waals surface area contributed by atoms with Crippen LogP contribution in [0, 0.1) is 5.92 Å². The van der Waals surface area contributed by atoms with Crippen LogP contribution in [-0.4, -0.2) is 18.3 Å². The molecule has 96 valence electrons. The van der Waals surface area contributed by atoms with E-state index in [0.717, 1.165) is 32.4 Å². The molecule has 0 saturated carbocycles. The number of hydrogen-bond acceptors (Lipinski definition) is 2. The minimum absolute atomic E-state index is 0.304. The van der Waals surface area contributed by atoms with Gasteiger partial charge in [0.05, 0.1) is 0 Å². The van der Waals surface area contributed by atoms with Gasteiger partial charge in [0.15, 0.2) is 0 Å². The van der Waals surface area contributed by atoms with Crippen molar-refractivity contribution >= 4 is 0 Å². The molecule has 0 aliphatic rings. The number of aliphatic hydroxyl groups excluding tert-OH is 1. The fourth-order valence-corrected chi connectivity index (χ4v) is 1.79. The van der Waals surface area contributed by atoms with Crippen LogP contribution in [0.3, 0.4) is 0 Å². The summed E-state index contributed by atoms with van der Waals surface area (Å²) in [6, 6.07) is 8.79. The van der Waals surface area contributed by atoms with Crippen molar-refractivity contribution in [3.05, 3.63) is 35.4 Å². The van der Waals surface area contributed by atoms with E-state index in [1.54, 1.807) is 0 Å². The van der Waals surface area contributed by atoms with Gasteiger partial charge in [0, 0.05) is 13.2 Å². The van der Waals surface area contributed by atoms with Crippen molar-refractivity contribution < 1.29 is 5.11 Å². The summed E-state index contributed by atoms with van der Waals surface area (Å²) in [5.41, 5.74) is 2.74. The van der Waals surface area contributed by atoms with Gasteiger partial charge in [-0.3, -0.25) is 0 Å². The Labute approximate surface area is 105 Å². The first kappa shape index (κ1) is 14.2. The lowest BCUT2D eigenvalue weighted by molar-refractivity contribution is 0.228. The normalized spacial score (nSPS) is 12.6. The number of rotatable bonds is 8. The molecule has 0 fully saturated rings. The molecule has 1 aromatic rings. The van der Waals surface area contributed by atoms with Gasteiger partial charge in [-0.25, -0.2) is 0 Å². The molecule has 0 radical (unpaired) electrons. The number of nitrogens with one attached hydrogen (secondary N) is 1. The maximum Gasteiger partial charge on any atom is 0.0456 e. The minimum Gasteiger partial charge on any atom is -0.396 e. The Hall–Kier alpha value is -0.860. The van der Waals surface area contributed by atoms with Crippen LogP contribution in [0.4, 0.5) is 0 Å². The molecule has 0 aromatic heterocycles. The lowest BCUT2D eigenvalue weighted by atomic mass is 10.1. The molecule has 2 heteroatoms. The molecule has 0 saturated heterocycles. The van der Waals surface area contributed by atoms with Crippen LogP contribution in [0.5, 0.6) is 0 Å². The van der Waals surface area contributed by atoms with E-state index in [9.17, 15) is 0 Å². The maximum atomic E-state index is 8.90. The quantitative estimate of drug-likeness (QED) is 0.679. The number of aliphatic hydroxyl groups is 1. The zero-order valence-corrected chi connectivity index (χ0v) is 11.1. The molecule has 1 rings (SSSR count). The van der Waals surface area contributed by atoms with Crippen molar-refractivity contribution in [2.24, 2.45) is 5.92 Å². The zero-order chi connectivity index (χ0) is 12.5. The molecule has 0 bridgehead atoms. The number of benzene rings is 1. The number of hydrogen-bond donors (Lipinski definition) is 2. The third kappa shape index (κ3) is 5.85. The molecule has 0 heterocycles. The molecule has 17 heavy (non-hydrogen) atoms. The van der Waals surface area contributed by atoms with Crippen molar-refractivity contribution in [2.75, 3.05) is 13.2 Å². The second-order valence-corrected chi connectivity index (χ2v) is 4.78. The Morgan fingerprint density at radius 3 is 2.41 bits per heavy atom. The highest BCUT2D eigenvalue weighted by molar-refractivity contribution is 5.22. The van der Waals surface area contributed by atoms with Crippen molar-refractivity contribution in [1.82, 2.24) is 5.32 Å². The van der Waals surface area contributed by atoms with Crippen molar-refractivity contribution in [3.63, 3.8) is 0 Å². The summed E-state index contributed by atoms with van der Waals surface area (Å²) >= 11 is 0. The van der Waals surface area contributed by atoms with Gasteiger partial charge < -0.3 is 10.4 Å². The van der Waals surface area contributed by atoms with E-state index in [4.69, 9.17) is 5.11 Å². The maximum absolute atomic E-state index is 8.90. The zero-order valence-electron chi connectivity index (χ0n) is 11.1. The fourth-order valence-electron chi connectivity index (χ4n) is 1.79. The first-order valence-electron chi connectivity index (χ1n) is 6.65. The average Bonchev–Trinajstić information content (AvgIpc) is 2.38. The van der Waals surface area contributed by atoms with Gasteiger partial charge in [-0.15, -0.1) is 0 Å². The van der Waals surface area contributed by atoms with Crippen LogP contribution >= 0.6 is 0 Å². The Balaban J connectivity index is 2.13. The molecular weight excluding hydrogens is 210 g/mol. The third-order valence-electron chi connectivity index (χ3n) is 3.12. The van der Waals surface area contributed by atoms with E-state index in [0.29, 0.717) is 12.5 Å². The smallest absolute Gasteiger partial charge is 0.0456 e. The number of aryl methyl sites for hydroxylation is 1. The van der Waals surface area contributed by atoms with Crippen LogP contribution in [0.2, 0.25) is 0 Å². The van der Waals surface area contributed by atoms with Gasteiger partial charge in [-0.2, -0.15) is 0 Å². The van der Waals surface area contributed by atoms with E-state index in [2.05, 4.69) is 43.4 Å². The monoisotopic (exact) mass is 235 g/mol. The van der Waals surface area contributed by atoms with Crippen LogP contribution in [0.1, 0.15) is 37.8 Å². The summed E-state index contributed by atoms with van der Waals surface area (Å²) in [5.74, 6) is 0.431. The summed E-state index contributed by atoms with van der Waals surface area (Å²) < 4.78 is 0. The Bertz CT molecular complexity index is 294. The Kier molecular flexibility index (Phi) is 6.90. The Morgan fingerprint density at radius 1 is 1.18 bits per heavy atom. The predicted octanol–water partition coefficient (Wildman–Crippen LogP) is 2.75. The predicted molar refractivity (Wildman–Crippen MR) is 73.0 cm³/mol. The third-order valence-corrected chi connectivity index (χ3v) is 3.12. The fraction of sp³-hybridized carbons (Fsp3) is 0.600. The molecule has 1 atom stereocenters. The van der Waals surface area contributed by atoms with Crippen molar-refractivity contribution in [3.8, 4) is 0 Å². The van der Waals surface area contributed by atoms with E-state index in [1.165, 1.54) is 11.1 Å². The summed E-state index contributed by atoms with van der Waals surface area (Å²) in [5, 5.41) is 12.3. The van der Waals surface area contributed by atoms with Gasteiger partial charge in [0.25, 0.3) is 0 Å². The minimum atomic E-state index is 0.304. The van der Waals surface area contributed by atoms with Gasteiger partial charge in [-0.05, 0) is 42.9 Å². The highest BCUT2D eigenvalue weighted by atomic mass is 16.3. The van der Waals surface area contributed by atoms with Gasteiger partial charge in [0.2, 0.25) is 0 Å². The molecule has 0 spiro atoms. The molecule has 2 N–H and O–H groups in total. The largest absolute Gasteiger partial charge is 0.396 e. The van der Waals surface area contributed by atoms with E-state index in [1.807, 2.05) is 0 Å². The summed E-state index contributed by atoms with van der Waals surface area (Å²) in [7, 11) is 0. The summed E-state index contributed by atoms with van der Waals surface area (Å²) in [6.45, 7) is 6.54. The van der Waals surface area contributed by atoms with Crippen LogP contribution in [-0.2, 0) is 13.0 Å². The standard InChI is InChI=1S/C15H25NO/c1-3-14-6-8-15(9-7-14)11-16-10-4-5-13(2)12-17/h6-9,13,16-17H,3-5,10-12H2,1-2H3. The summed E-state index contributed by atoms with van der Waals surface area (Å²) in [4.78, 5) is 0. The lowest BCUT2D eigenvalue weighted by Crippen LogP contribution is -2.16. The molecule has 0 aliphatic carbocycles. The molecule has 2 nitrogen and oxygen atoms in total. The second kappa shape index (κ2) is 8.26. The topological polar surface area (TPSA) is 32.3 Å². The SMILES string of the molecule is CCc1ccc(CNCCCC(C)CO)cc1. The summed E-state index contributed by atoms with van der Waals surface area (Å²) in [6.07, 6.45) is 3.33.